The van der Waals surface area contributed by atoms with Crippen molar-refractivity contribution < 1.29 is 19.2 Å². The van der Waals surface area contributed by atoms with Gasteiger partial charge in [0.2, 0.25) is 0 Å². The highest BCUT2D eigenvalue weighted by Crippen LogP contribution is 2.16. The van der Waals surface area contributed by atoms with E-state index in [-0.39, 0.29) is 17.8 Å². The predicted octanol–water partition coefficient (Wildman–Crippen LogP) is 4.62. The molecule has 1 aromatic carbocycles. The van der Waals surface area contributed by atoms with Gasteiger partial charge in [-0.2, -0.15) is 0 Å². The van der Waals surface area contributed by atoms with Crippen molar-refractivity contribution in [3.8, 4) is 5.75 Å². The molecule has 2 rings (SSSR count). The molecule has 160 valence electrons. The lowest BCUT2D eigenvalue weighted by Gasteiger charge is -2.09. The van der Waals surface area contributed by atoms with Crippen LogP contribution in [0.2, 0.25) is 0 Å². The van der Waals surface area contributed by atoms with Crippen molar-refractivity contribution in [2.75, 3.05) is 18.5 Å². The number of pyridine rings is 1. The lowest BCUT2D eigenvalue weighted by atomic mass is 10.2. The van der Waals surface area contributed by atoms with E-state index in [1.54, 1.807) is 12.1 Å². The maximum absolute atomic E-state index is 11.8. The monoisotopic (exact) mass is 413 g/mol. The fraction of sp³-hybridized carbons (Fsp3) is 0.364. The van der Waals surface area contributed by atoms with E-state index in [0.29, 0.717) is 19.0 Å². The number of rotatable bonds is 12. The van der Waals surface area contributed by atoms with Gasteiger partial charge in [-0.1, -0.05) is 12.1 Å². The molecular formula is C22H27N3O5. The first kappa shape index (κ1) is 22.9. The summed E-state index contributed by atoms with van der Waals surface area (Å²) in [5.74, 6) is 0.983. The van der Waals surface area contributed by atoms with Crippen LogP contribution in [0.25, 0.3) is 6.08 Å². The number of esters is 1. The van der Waals surface area contributed by atoms with E-state index in [0.717, 1.165) is 30.6 Å². The molecule has 0 aliphatic carbocycles. The molecular weight excluding hydrogens is 386 g/mol. The topological polar surface area (TPSA) is 104 Å². The Hall–Kier alpha value is -3.42. The number of hydrogen-bond acceptors (Lipinski definition) is 7. The Bertz CT molecular complexity index is 850. The molecule has 0 fully saturated rings. The van der Waals surface area contributed by atoms with Gasteiger partial charge in [0.15, 0.2) is 0 Å². The first-order chi connectivity index (χ1) is 14.4. The number of benzene rings is 1. The lowest BCUT2D eigenvalue weighted by molar-refractivity contribution is -0.385. The third-order valence-electron chi connectivity index (χ3n) is 3.97. The van der Waals surface area contributed by atoms with Gasteiger partial charge in [-0.3, -0.25) is 10.1 Å². The number of carbonyl (C=O) groups excluding carboxylic acids is 1. The summed E-state index contributed by atoms with van der Waals surface area (Å²) in [6.07, 6.45) is 6.94. The number of aromatic nitrogens is 1. The normalized spacial score (nSPS) is 10.9. The van der Waals surface area contributed by atoms with Crippen molar-refractivity contribution >= 4 is 23.6 Å². The van der Waals surface area contributed by atoms with Gasteiger partial charge >= 0.3 is 5.97 Å². The molecule has 0 radical (unpaired) electrons. The van der Waals surface area contributed by atoms with Gasteiger partial charge < -0.3 is 14.8 Å². The van der Waals surface area contributed by atoms with Crippen LogP contribution in [0.4, 0.5) is 11.5 Å². The number of anilines is 1. The molecule has 8 nitrogen and oxygen atoms in total. The fourth-order valence-corrected chi connectivity index (χ4v) is 2.57. The Morgan fingerprint density at radius 2 is 2.07 bits per heavy atom. The van der Waals surface area contributed by atoms with Gasteiger partial charge in [0.25, 0.3) is 5.69 Å². The molecule has 0 spiro atoms. The smallest absolute Gasteiger partial charge is 0.330 e. The Balaban J connectivity index is 1.58. The molecule has 8 heteroatoms. The number of hydrogen-bond donors (Lipinski definition) is 1. The lowest BCUT2D eigenvalue weighted by Crippen LogP contribution is -2.06. The molecule has 1 heterocycles. The van der Waals surface area contributed by atoms with E-state index in [9.17, 15) is 14.9 Å². The summed E-state index contributed by atoms with van der Waals surface area (Å²) in [5.41, 5.74) is 0.837. The van der Waals surface area contributed by atoms with Gasteiger partial charge in [0.1, 0.15) is 17.8 Å². The van der Waals surface area contributed by atoms with Crippen LogP contribution in [-0.4, -0.2) is 35.1 Å². The third kappa shape index (κ3) is 8.72. The van der Waals surface area contributed by atoms with E-state index >= 15 is 0 Å². The summed E-state index contributed by atoms with van der Waals surface area (Å²) in [7, 11) is 0. The van der Waals surface area contributed by atoms with Crippen LogP contribution in [0, 0.1) is 10.1 Å². The van der Waals surface area contributed by atoms with E-state index < -0.39 is 4.92 Å². The van der Waals surface area contributed by atoms with Crippen LogP contribution in [0.5, 0.6) is 5.75 Å². The van der Waals surface area contributed by atoms with E-state index in [1.165, 1.54) is 18.3 Å². The molecule has 0 atom stereocenters. The zero-order chi connectivity index (χ0) is 21.8. The van der Waals surface area contributed by atoms with Crippen molar-refractivity contribution in [3.63, 3.8) is 0 Å². The second-order valence-corrected chi connectivity index (χ2v) is 6.89. The summed E-state index contributed by atoms with van der Waals surface area (Å²) in [6.45, 7) is 4.97. The minimum atomic E-state index is -0.481. The third-order valence-corrected chi connectivity index (χ3v) is 3.97. The van der Waals surface area contributed by atoms with Crippen LogP contribution in [0.3, 0.4) is 0 Å². The highest BCUT2D eigenvalue weighted by atomic mass is 16.6. The van der Waals surface area contributed by atoms with Gasteiger partial charge in [-0.25, -0.2) is 9.78 Å². The van der Waals surface area contributed by atoms with Crippen LogP contribution >= 0.6 is 0 Å². The molecule has 0 bridgehead atoms. The number of unbranched alkanes of at least 4 members (excludes halogenated alkanes) is 2. The molecule has 0 unspecified atom stereocenters. The fourth-order valence-electron chi connectivity index (χ4n) is 2.57. The Morgan fingerprint density at radius 3 is 2.77 bits per heavy atom. The molecule has 30 heavy (non-hydrogen) atoms. The zero-order valence-electron chi connectivity index (χ0n) is 17.2. The average Bonchev–Trinajstić information content (AvgIpc) is 2.71. The molecule has 0 aliphatic rings. The van der Waals surface area contributed by atoms with E-state index in [4.69, 9.17) is 9.47 Å². The number of ether oxygens (including phenoxy) is 2. The maximum Gasteiger partial charge on any atom is 0.330 e. The second kappa shape index (κ2) is 12.2. The van der Waals surface area contributed by atoms with Crippen molar-refractivity contribution in [2.24, 2.45) is 0 Å². The first-order valence-corrected chi connectivity index (χ1v) is 9.90. The highest BCUT2D eigenvalue weighted by molar-refractivity contribution is 5.87. The summed E-state index contributed by atoms with van der Waals surface area (Å²) in [4.78, 5) is 25.9. The van der Waals surface area contributed by atoms with Crippen molar-refractivity contribution in [1.29, 1.82) is 0 Å². The standard InChI is InChI=1S/C22H27N3O5/c1-17(2)30-20-8-6-7-18(15-20)9-12-22(26)29-14-5-3-4-13-23-21-11-10-19(16-24-21)25(27)28/h6-12,15-17H,3-5,13-14H2,1-2H3,(H,23,24)/b12-9+. The van der Waals surface area contributed by atoms with E-state index in [1.807, 2.05) is 38.1 Å². The maximum atomic E-state index is 11.8. The molecule has 1 aromatic heterocycles. The number of carbonyl (C=O) groups is 1. The summed E-state index contributed by atoms with van der Waals surface area (Å²) >= 11 is 0. The summed E-state index contributed by atoms with van der Waals surface area (Å²) in [5, 5.41) is 13.7. The molecule has 1 N–H and O–H groups in total. The van der Waals surface area contributed by atoms with Gasteiger partial charge in [0, 0.05) is 18.7 Å². The SMILES string of the molecule is CC(C)Oc1cccc(/C=C/C(=O)OCCCCCNc2ccc([N+](=O)[O-])cn2)c1. The van der Waals surface area contributed by atoms with E-state index in [2.05, 4.69) is 10.3 Å². The molecule has 2 aromatic rings. The van der Waals surface area contributed by atoms with Crippen LogP contribution < -0.4 is 10.1 Å². The number of nitro groups is 1. The van der Waals surface area contributed by atoms with Crippen LogP contribution in [0.1, 0.15) is 38.7 Å². The molecule has 0 saturated carbocycles. The minimum absolute atomic E-state index is 0.0342. The number of nitrogens with zero attached hydrogens (tertiary/aromatic N) is 2. The highest BCUT2D eigenvalue weighted by Gasteiger charge is 2.04. The quantitative estimate of drug-likeness (QED) is 0.178. The number of nitrogens with one attached hydrogen (secondary N) is 1. The summed E-state index contributed by atoms with van der Waals surface area (Å²) < 4.78 is 10.8. The Labute approximate surface area is 176 Å². The Morgan fingerprint density at radius 1 is 1.23 bits per heavy atom. The minimum Gasteiger partial charge on any atom is -0.491 e. The van der Waals surface area contributed by atoms with Gasteiger partial charge in [-0.05, 0) is 62.9 Å². The first-order valence-electron chi connectivity index (χ1n) is 9.90. The molecule has 0 amide bonds. The molecule has 0 saturated heterocycles. The van der Waals surface area contributed by atoms with Gasteiger partial charge in [-0.15, -0.1) is 0 Å². The second-order valence-electron chi connectivity index (χ2n) is 6.89. The van der Waals surface area contributed by atoms with Crippen molar-refractivity contribution in [3.05, 3.63) is 64.3 Å². The van der Waals surface area contributed by atoms with Crippen LogP contribution in [0.15, 0.2) is 48.7 Å². The van der Waals surface area contributed by atoms with Crippen molar-refractivity contribution in [1.82, 2.24) is 4.98 Å². The molecule has 0 aliphatic heterocycles. The average molecular weight is 413 g/mol. The van der Waals surface area contributed by atoms with Gasteiger partial charge in [0.05, 0.1) is 17.6 Å². The summed E-state index contributed by atoms with van der Waals surface area (Å²) in [6, 6.07) is 10.5. The predicted molar refractivity (Wildman–Crippen MR) is 115 cm³/mol. The van der Waals surface area contributed by atoms with Crippen LogP contribution in [-0.2, 0) is 9.53 Å². The van der Waals surface area contributed by atoms with Crippen molar-refractivity contribution in [2.45, 2.75) is 39.2 Å². The Kier molecular flexibility index (Phi) is 9.30. The zero-order valence-corrected chi connectivity index (χ0v) is 17.2. The largest absolute Gasteiger partial charge is 0.491 e.